The molecule has 0 unspecified atom stereocenters. The fraction of sp³-hybridized carbons (Fsp3) is 0.214. The van der Waals surface area contributed by atoms with Gasteiger partial charge in [0.1, 0.15) is 11.0 Å². The molecule has 1 amide bonds. The predicted molar refractivity (Wildman–Crippen MR) is 143 cm³/mol. The van der Waals surface area contributed by atoms with Crippen LogP contribution < -0.4 is 5.32 Å². The number of fused-ring (bicyclic) bond motifs is 3. The molecule has 1 aliphatic rings. The Morgan fingerprint density at radius 1 is 1.10 bits per heavy atom. The van der Waals surface area contributed by atoms with Gasteiger partial charge in [-0.3, -0.25) is 9.47 Å². The lowest BCUT2D eigenvalue weighted by Gasteiger charge is -2.27. The lowest BCUT2D eigenvalue weighted by molar-refractivity contribution is -0.137. The molecule has 2 aromatic heterocycles. The molecule has 0 aliphatic carbocycles. The highest BCUT2D eigenvalue weighted by molar-refractivity contribution is 6.30. The number of carbonyl (C=O) groups is 1. The van der Waals surface area contributed by atoms with Gasteiger partial charge in [-0.2, -0.15) is 13.2 Å². The molecule has 2 aromatic carbocycles. The van der Waals surface area contributed by atoms with Gasteiger partial charge in [0.05, 0.1) is 11.1 Å². The molecular weight excluding hydrogens is 555 g/mol. The molecule has 1 aliphatic heterocycles. The van der Waals surface area contributed by atoms with Gasteiger partial charge in [0.2, 0.25) is 0 Å². The van der Waals surface area contributed by atoms with Crippen molar-refractivity contribution in [3.8, 4) is 0 Å². The summed E-state index contributed by atoms with van der Waals surface area (Å²) in [5, 5.41) is 3.61. The second-order valence-electron chi connectivity index (χ2n) is 9.20. The van der Waals surface area contributed by atoms with E-state index in [-0.39, 0.29) is 29.1 Å². The lowest BCUT2D eigenvalue weighted by atomic mass is 10.0. The Kier molecular flexibility index (Phi) is 7.66. The number of nitrogens with zero attached hydrogens (tertiary/aromatic N) is 3. The standard InChI is InChI=1S/C28H22Cl2F4N4O/c29-20-5-3-17(4-6-20)2-1-10-37-11-8-23-21(16-37)26-22(31)13-19(28(32,33)34)14-24(26)38(23)27(39)36-15-18-7-9-35-25(30)12-18/h1-7,9,12-14H,8,10-11,15-16H2,(H,36,39)/b2-1+. The van der Waals surface area contributed by atoms with Gasteiger partial charge in [0.15, 0.2) is 0 Å². The molecule has 0 radical (unpaired) electrons. The summed E-state index contributed by atoms with van der Waals surface area (Å²) in [5.74, 6) is -1.01. The predicted octanol–water partition coefficient (Wildman–Crippen LogP) is 7.33. The topological polar surface area (TPSA) is 50.2 Å². The normalized spacial score (nSPS) is 14.2. The monoisotopic (exact) mass is 576 g/mol. The highest BCUT2D eigenvalue weighted by Crippen LogP contribution is 2.38. The van der Waals surface area contributed by atoms with E-state index in [0.29, 0.717) is 47.4 Å². The molecule has 0 spiro atoms. The smallest absolute Gasteiger partial charge is 0.333 e. The molecular formula is C28H22Cl2F4N4O. The van der Waals surface area contributed by atoms with Crippen molar-refractivity contribution in [2.45, 2.75) is 25.7 Å². The minimum Gasteiger partial charge on any atom is -0.333 e. The van der Waals surface area contributed by atoms with Gasteiger partial charge >= 0.3 is 12.2 Å². The van der Waals surface area contributed by atoms with Crippen molar-refractivity contribution >= 4 is 46.2 Å². The van der Waals surface area contributed by atoms with Gasteiger partial charge in [-0.25, -0.2) is 14.2 Å². The van der Waals surface area contributed by atoms with E-state index < -0.39 is 23.6 Å². The van der Waals surface area contributed by atoms with E-state index in [4.69, 9.17) is 23.2 Å². The fourth-order valence-electron chi connectivity index (χ4n) is 4.76. The Hall–Kier alpha value is -3.40. The number of benzene rings is 2. The van der Waals surface area contributed by atoms with Crippen LogP contribution in [-0.2, 0) is 25.7 Å². The van der Waals surface area contributed by atoms with E-state index in [9.17, 15) is 18.0 Å². The van der Waals surface area contributed by atoms with Gasteiger partial charge in [-0.05, 0) is 53.1 Å². The molecule has 3 heterocycles. The average molecular weight is 577 g/mol. The Morgan fingerprint density at radius 3 is 2.59 bits per heavy atom. The Bertz CT molecular complexity index is 1560. The lowest BCUT2D eigenvalue weighted by Crippen LogP contribution is -2.34. The number of nitrogens with one attached hydrogen (secondary N) is 1. The number of halogens is 6. The van der Waals surface area contributed by atoms with Crippen LogP contribution in [0.5, 0.6) is 0 Å². The van der Waals surface area contributed by atoms with Crippen molar-refractivity contribution in [1.82, 2.24) is 19.8 Å². The molecule has 0 atom stereocenters. The number of pyridine rings is 1. The molecule has 39 heavy (non-hydrogen) atoms. The van der Waals surface area contributed by atoms with Gasteiger partial charge in [0, 0.05) is 54.9 Å². The third-order valence-electron chi connectivity index (χ3n) is 6.59. The zero-order valence-corrected chi connectivity index (χ0v) is 21.9. The van der Waals surface area contributed by atoms with Gasteiger partial charge < -0.3 is 5.32 Å². The summed E-state index contributed by atoms with van der Waals surface area (Å²) in [6.45, 7) is 1.42. The van der Waals surface area contributed by atoms with Crippen LogP contribution in [0.25, 0.3) is 17.0 Å². The number of amides is 1. The van der Waals surface area contributed by atoms with Crippen LogP contribution in [0.15, 0.2) is 60.8 Å². The summed E-state index contributed by atoms with van der Waals surface area (Å²) in [7, 11) is 0. The quantitative estimate of drug-likeness (QED) is 0.200. The van der Waals surface area contributed by atoms with E-state index in [1.165, 1.54) is 10.8 Å². The van der Waals surface area contributed by atoms with Crippen molar-refractivity contribution in [3.05, 3.63) is 105 Å². The molecule has 5 rings (SSSR count). The number of carbonyl (C=O) groups excluding carboxylic acids is 1. The number of hydrogen-bond acceptors (Lipinski definition) is 3. The summed E-state index contributed by atoms with van der Waals surface area (Å²) in [6.07, 6.45) is 0.960. The third-order valence-corrected chi connectivity index (χ3v) is 7.04. The van der Waals surface area contributed by atoms with E-state index in [2.05, 4.69) is 10.3 Å². The number of hydrogen-bond donors (Lipinski definition) is 1. The third kappa shape index (κ3) is 5.95. The summed E-state index contributed by atoms with van der Waals surface area (Å²) >= 11 is 11.8. The number of alkyl halides is 3. The van der Waals surface area contributed by atoms with Crippen molar-refractivity contribution in [3.63, 3.8) is 0 Å². The maximum absolute atomic E-state index is 15.3. The second-order valence-corrected chi connectivity index (χ2v) is 10.0. The van der Waals surface area contributed by atoms with E-state index in [1.807, 2.05) is 29.2 Å². The molecule has 11 heteroatoms. The fourth-order valence-corrected chi connectivity index (χ4v) is 5.09. The first-order valence-electron chi connectivity index (χ1n) is 12.1. The minimum atomic E-state index is -4.77. The summed E-state index contributed by atoms with van der Waals surface area (Å²) in [4.78, 5) is 19.3. The number of rotatable bonds is 5. The van der Waals surface area contributed by atoms with Crippen molar-refractivity contribution < 1.29 is 22.4 Å². The molecule has 5 nitrogen and oxygen atoms in total. The molecule has 0 bridgehead atoms. The summed E-state index contributed by atoms with van der Waals surface area (Å²) in [6, 6.07) is 11.2. The molecule has 202 valence electrons. The molecule has 4 aromatic rings. The zero-order chi connectivity index (χ0) is 27.7. The van der Waals surface area contributed by atoms with Crippen LogP contribution in [-0.4, -0.2) is 33.6 Å². The first-order chi connectivity index (χ1) is 18.6. The molecule has 1 N–H and O–H groups in total. The Balaban J connectivity index is 1.47. The molecule has 0 saturated carbocycles. The molecule has 0 fully saturated rings. The first kappa shape index (κ1) is 27.2. The summed E-state index contributed by atoms with van der Waals surface area (Å²) in [5.41, 5.74) is 1.35. The van der Waals surface area contributed by atoms with Crippen LogP contribution in [0, 0.1) is 5.82 Å². The Labute approximate surface area is 231 Å². The average Bonchev–Trinajstić information content (AvgIpc) is 3.22. The van der Waals surface area contributed by atoms with Crippen LogP contribution >= 0.6 is 23.2 Å². The van der Waals surface area contributed by atoms with Crippen molar-refractivity contribution in [2.75, 3.05) is 13.1 Å². The maximum atomic E-state index is 15.3. The van der Waals surface area contributed by atoms with Gasteiger partial charge in [-0.1, -0.05) is 47.5 Å². The van der Waals surface area contributed by atoms with E-state index in [0.717, 1.165) is 11.6 Å². The highest BCUT2D eigenvalue weighted by atomic mass is 35.5. The van der Waals surface area contributed by atoms with Crippen LogP contribution in [0.4, 0.5) is 22.4 Å². The zero-order valence-electron chi connectivity index (χ0n) is 20.4. The summed E-state index contributed by atoms with van der Waals surface area (Å²) < 4.78 is 57.1. The first-order valence-corrected chi connectivity index (χ1v) is 12.8. The SMILES string of the molecule is O=C(NCc1ccnc(Cl)c1)n1c2c(c3c(F)cc(C(F)(F)F)cc31)CN(C/C=C/c1ccc(Cl)cc1)CC2. The van der Waals surface area contributed by atoms with E-state index >= 15 is 4.39 Å². The highest BCUT2D eigenvalue weighted by Gasteiger charge is 2.35. The van der Waals surface area contributed by atoms with Crippen LogP contribution in [0.2, 0.25) is 10.2 Å². The Morgan fingerprint density at radius 2 is 1.87 bits per heavy atom. The second kappa shape index (κ2) is 11.0. The van der Waals surface area contributed by atoms with Gasteiger partial charge in [0.25, 0.3) is 0 Å². The van der Waals surface area contributed by atoms with E-state index in [1.54, 1.807) is 24.3 Å². The maximum Gasteiger partial charge on any atom is 0.416 e. The largest absolute Gasteiger partial charge is 0.416 e. The van der Waals surface area contributed by atoms with Crippen LogP contribution in [0.1, 0.15) is 27.9 Å². The van der Waals surface area contributed by atoms with Crippen molar-refractivity contribution in [2.24, 2.45) is 0 Å². The molecule has 0 saturated heterocycles. The number of aromatic nitrogens is 2. The minimum absolute atomic E-state index is 0.0199. The van der Waals surface area contributed by atoms with Crippen molar-refractivity contribution in [1.29, 1.82) is 0 Å². The van der Waals surface area contributed by atoms with Crippen LogP contribution in [0.3, 0.4) is 0 Å². The van der Waals surface area contributed by atoms with Gasteiger partial charge in [-0.15, -0.1) is 0 Å².